The van der Waals surface area contributed by atoms with E-state index in [2.05, 4.69) is 33.1 Å². The van der Waals surface area contributed by atoms with E-state index in [-0.39, 0.29) is 29.8 Å². The fraction of sp³-hybridized carbons (Fsp3) is 0.312. The minimum absolute atomic E-state index is 0. The second kappa shape index (κ2) is 9.78. The van der Waals surface area contributed by atoms with E-state index >= 15 is 0 Å². The zero-order chi connectivity index (χ0) is 15.1. The van der Waals surface area contributed by atoms with Gasteiger partial charge in [0.25, 0.3) is 0 Å². The Morgan fingerprint density at radius 2 is 2.09 bits per heavy atom. The summed E-state index contributed by atoms with van der Waals surface area (Å²) in [5.74, 6) is 0.589. The molecule has 2 aromatic rings. The topological polar surface area (TPSA) is 36.4 Å². The van der Waals surface area contributed by atoms with Crippen LogP contribution in [0.25, 0.3) is 0 Å². The summed E-state index contributed by atoms with van der Waals surface area (Å²) in [5.41, 5.74) is 1.70. The number of rotatable bonds is 5. The Morgan fingerprint density at radius 1 is 1.27 bits per heavy atom. The van der Waals surface area contributed by atoms with E-state index in [0.717, 1.165) is 24.5 Å². The largest absolute Gasteiger partial charge is 0.356 e. The third-order valence-electron chi connectivity index (χ3n) is 3.15. The van der Waals surface area contributed by atoms with Gasteiger partial charge in [0, 0.05) is 25.0 Å². The number of guanidine groups is 1. The maximum atomic E-state index is 13.2. The fourth-order valence-electron chi connectivity index (χ4n) is 1.98. The van der Waals surface area contributed by atoms with E-state index in [4.69, 9.17) is 0 Å². The lowest BCUT2D eigenvalue weighted by Gasteiger charge is -2.12. The highest BCUT2D eigenvalue weighted by Gasteiger charge is 2.01. The molecule has 0 radical (unpaired) electrons. The van der Waals surface area contributed by atoms with Crippen molar-refractivity contribution in [3.63, 3.8) is 0 Å². The van der Waals surface area contributed by atoms with Gasteiger partial charge in [-0.1, -0.05) is 18.2 Å². The first-order chi connectivity index (χ1) is 10.2. The maximum Gasteiger partial charge on any atom is 0.191 e. The second-order valence-corrected chi connectivity index (χ2v) is 5.80. The molecule has 120 valence electrons. The average Bonchev–Trinajstić information content (AvgIpc) is 2.99. The molecule has 22 heavy (non-hydrogen) atoms. The van der Waals surface area contributed by atoms with Crippen molar-refractivity contribution in [2.75, 3.05) is 13.6 Å². The van der Waals surface area contributed by atoms with Gasteiger partial charge in [-0.05, 0) is 42.0 Å². The molecule has 0 atom stereocenters. The van der Waals surface area contributed by atoms with Crippen LogP contribution in [0.1, 0.15) is 16.0 Å². The predicted octanol–water partition coefficient (Wildman–Crippen LogP) is 3.72. The highest BCUT2D eigenvalue weighted by atomic mass is 127. The van der Waals surface area contributed by atoms with Crippen molar-refractivity contribution in [1.29, 1.82) is 0 Å². The van der Waals surface area contributed by atoms with Gasteiger partial charge in [-0.25, -0.2) is 4.39 Å². The lowest BCUT2D eigenvalue weighted by molar-refractivity contribution is 0.617. The van der Waals surface area contributed by atoms with E-state index in [1.165, 1.54) is 10.9 Å². The van der Waals surface area contributed by atoms with E-state index in [9.17, 15) is 4.39 Å². The van der Waals surface area contributed by atoms with Crippen molar-refractivity contribution in [3.05, 3.63) is 57.5 Å². The molecule has 1 aromatic heterocycles. The van der Waals surface area contributed by atoms with Gasteiger partial charge in [0.15, 0.2) is 5.96 Å². The molecule has 6 heteroatoms. The third kappa shape index (κ3) is 5.92. The summed E-state index contributed by atoms with van der Waals surface area (Å²) in [6.45, 7) is 3.23. The molecule has 1 aromatic carbocycles. The monoisotopic (exact) mass is 433 g/mol. The molecule has 0 amide bonds. The summed E-state index contributed by atoms with van der Waals surface area (Å²) in [5, 5.41) is 8.59. The number of thiophene rings is 1. The number of halogens is 2. The van der Waals surface area contributed by atoms with E-state index < -0.39 is 0 Å². The number of nitrogens with zero attached hydrogens (tertiary/aromatic N) is 1. The zero-order valence-corrected chi connectivity index (χ0v) is 15.9. The summed E-state index contributed by atoms with van der Waals surface area (Å²) in [6, 6.07) is 9.32. The van der Waals surface area contributed by atoms with Crippen molar-refractivity contribution < 1.29 is 4.39 Å². The highest BCUT2D eigenvalue weighted by Crippen LogP contribution is 2.09. The van der Waals surface area contributed by atoms with Gasteiger partial charge in [0.05, 0.1) is 0 Å². The molecule has 0 aliphatic heterocycles. The Bertz CT molecular complexity index is 599. The highest BCUT2D eigenvalue weighted by molar-refractivity contribution is 14.0. The van der Waals surface area contributed by atoms with Gasteiger partial charge in [-0.3, -0.25) is 4.99 Å². The molecule has 2 rings (SSSR count). The van der Waals surface area contributed by atoms with E-state index in [0.29, 0.717) is 12.1 Å². The number of hydrogen-bond donors (Lipinski definition) is 2. The zero-order valence-electron chi connectivity index (χ0n) is 12.7. The number of aliphatic imine (C=N–C) groups is 1. The fourth-order valence-corrected chi connectivity index (χ4v) is 2.69. The maximum absolute atomic E-state index is 13.2. The number of nitrogens with one attached hydrogen (secondary N) is 2. The van der Waals surface area contributed by atoms with Crippen LogP contribution in [0.5, 0.6) is 0 Å². The van der Waals surface area contributed by atoms with Gasteiger partial charge < -0.3 is 10.6 Å². The van der Waals surface area contributed by atoms with Crippen molar-refractivity contribution >= 4 is 41.3 Å². The van der Waals surface area contributed by atoms with E-state index in [1.807, 2.05) is 6.07 Å². The molecular weight excluding hydrogens is 412 g/mol. The molecule has 3 nitrogen and oxygen atoms in total. The number of benzene rings is 1. The van der Waals surface area contributed by atoms with Crippen LogP contribution in [0.4, 0.5) is 4.39 Å². The Kier molecular flexibility index (Phi) is 8.40. The SMILES string of the molecule is CN=C(NCCc1cccs1)NCc1ccc(F)c(C)c1.I. The van der Waals surface area contributed by atoms with Crippen LogP contribution in [-0.2, 0) is 13.0 Å². The molecule has 0 bridgehead atoms. The minimum atomic E-state index is -0.169. The molecule has 0 fully saturated rings. The summed E-state index contributed by atoms with van der Waals surface area (Å²) in [7, 11) is 1.75. The lowest BCUT2D eigenvalue weighted by atomic mass is 10.1. The molecule has 0 aliphatic rings. The molecule has 1 heterocycles. The van der Waals surface area contributed by atoms with Crippen LogP contribution in [0.2, 0.25) is 0 Å². The van der Waals surface area contributed by atoms with Gasteiger partial charge in [-0.2, -0.15) is 0 Å². The van der Waals surface area contributed by atoms with Gasteiger partial charge >= 0.3 is 0 Å². The Labute approximate surface area is 152 Å². The van der Waals surface area contributed by atoms with Crippen molar-refractivity contribution in [1.82, 2.24) is 10.6 Å². The first-order valence-corrected chi connectivity index (χ1v) is 7.79. The Hall–Kier alpha value is -1.15. The molecule has 2 N–H and O–H groups in total. The normalized spacial score (nSPS) is 11.0. The third-order valence-corrected chi connectivity index (χ3v) is 4.09. The van der Waals surface area contributed by atoms with Crippen LogP contribution in [0.15, 0.2) is 40.7 Å². The molecule has 0 saturated carbocycles. The van der Waals surface area contributed by atoms with Crippen molar-refractivity contribution in [3.8, 4) is 0 Å². The molecular formula is C16H21FIN3S. The van der Waals surface area contributed by atoms with Crippen molar-refractivity contribution in [2.45, 2.75) is 19.9 Å². The Balaban J connectivity index is 0.00000242. The average molecular weight is 433 g/mol. The summed E-state index contributed by atoms with van der Waals surface area (Å²) in [6.07, 6.45) is 0.980. The standard InChI is InChI=1S/C16H20FN3S.HI/c1-12-10-13(5-6-15(12)17)11-20-16(18-2)19-8-7-14-4-3-9-21-14;/h3-6,9-10H,7-8,11H2,1-2H3,(H2,18,19,20);1H. The number of aryl methyl sites for hydroxylation is 1. The second-order valence-electron chi connectivity index (χ2n) is 4.77. The summed E-state index contributed by atoms with van der Waals surface area (Å²) < 4.78 is 13.2. The first-order valence-electron chi connectivity index (χ1n) is 6.91. The Morgan fingerprint density at radius 3 is 2.73 bits per heavy atom. The smallest absolute Gasteiger partial charge is 0.191 e. The van der Waals surface area contributed by atoms with Crippen LogP contribution in [0, 0.1) is 12.7 Å². The summed E-state index contributed by atoms with van der Waals surface area (Å²) in [4.78, 5) is 5.54. The van der Waals surface area contributed by atoms with Crippen molar-refractivity contribution in [2.24, 2.45) is 4.99 Å². The number of hydrogen-bond acceptors (Lipinski definition) is 2. The first kappa shape index (κ1) is 18.9. The molecule has 0 unspecified atom stereocenters. The quantitative estimate of drug-likeness (QED) is 0.429. The van der Waals surface area contributed by atoms with Crippen LogP contribution in [-0.4, -0.2) is 19.6 Å². The van der Waals surface area contributed by atoms with Gasteiger partial charge in [0.2, 0.25) is 0 Å². The minimum Gasteiger partial charge on any atom is -0.356 e. The van der Waals surface area contributed by atoms with Crippen LogP contribution in [0.3, 0.4) is 0 Å². The van der Waals surface area contributed by atoms with E-state index in [1.54, 1.807) is 31.4 Å². The molecule has 0 spiro atoms. The van der Waals surface area contributed by atoms with Gasteiger partial charge in [0.1, 0.15) is 5.82 Å². The summed E-state index contributed by atoms with van der Waals surface area (Å²) >= 11 is 1.76. The van der Waals surface area contributed by atoms with Crippen LogP contribution < -0.4 is 10.6 Å². The molecule has 0 aliphatic carbocycles. The van der Waals surface area contributed by atoms with Gasteiger partial charge in [-0.15, -0.1) is 35.3 Å². The predicted molar refractivity (Wildman–Crippen MR) is 103 cm³/mol. The lowest BCUT2D eigenvalue weighted by Crippen LogP contribution is -2.37. The molecule has 0 saturated heterocycles. The van der Waals surface area contributed by atoms with Crippen LogP contribution >= 0.6 is 35.3 Å².